The Morgan fingerprint density at radius 2 is 1.97 bits per heavy atom. The summed E-state index contributed by atoms with van der Waals surface area (Å²) in [6.07, 6.45) is 1.27. The number of unbranched alkanes of at least 4 members (excludes halogenated alkanes) is 1. The predicted molar refractivity (Wildman–Crippen MR) is 116 cm³/mol. The SMILES string of the molecule is CCOCc1nc2c(N)nc(C)cc2n1CCCCNC(=O)OCc1ccccc1. The van der Waals surface area contributed by atoms with E-state index in [1.165, 1.54) is 0 Å². The first-order valence-electron chi connectivity index (χ1n) is 10.2. The number of carbonyl (C=O) groups is 1. The summed E-state index contributed by atoms with van der Waals surface area (Å²) in [7, 11) is 0. The van der Waals surface area contributed by atoms with Crippen molar-refractivity contribution in [3.63, 3.8) is 0 Å². The molecule has 3 N–H and O–H groups in total. The van der Waals surface area contributed by atoms with E-state index < -0.39 is 6.09 Å². The summed E-state index contributed by atoms with van der Waals surface area (Å²) in [5.74, 6) is 1.27. The second-order valence-electron chi connectivity index (χ2n) is 7.03. The molecule has 160 valence electrons. The first kappa shape index (κ1) is 21.6. The molecule has 30 heavy (non-hydrogen) atoms. The third-order valence-electron chi connectivity index (χ3n) is 4.70. The predicted octanol–water partition coefficient (Wildman–Crippen LogP) is 3.57. The van der Waals surface area contributed by atoms with Gasteiger partial charge in [0.15, 0.2) is 5.82 Å². The number of hydrogen-bond donors (Lipinski definition) is 2. The second kappa shape index (κ2) is 10.6. The maximum absolute atomic E-state index is 11.8. The zero-order chi connectivity index (χ0) is 21.3. The van der Waals surface area contributed by atoms with E-state index in [2.05, 4.69) is 19.9 Å². The summed E-state index contributed by atoms with van der Waals surface area (Å²) in [4.78, 5) is 20.8. The van der Waals surface area contributed by atoms with Crippen LogP contribution in [0.15, 0.2) is 36.4 Å². The van der Waals surface area contributed by atoms with E-state index in [0.29, 0.717) is 31.1 Å². The van der Waals surface area contributed by atoms with Gasteiger partial charge in [-0.2, -0.15) is 0 Å². The first-order valence-corrected chi connectivity index (χ1v) is 10.2. The molecule has 1 aromatic carbocycles. The molecule has 8 heteroatoms. The molecule has 0 aliphatic heterocycles. The number of anilines is 1. The summed E-state index contributed by atoms with van der Waals surface area (Å²) in [6.45, 7) is 6.48. The van der Waals surface area contributed by atoms with Crippen molar-refractivity contribution in [2.45, 2.75) is 46.4 Å². The smallest absolute Gasteiger partial charge is 0.407 e. The normalized spacial score (nSPS) is 11.0. The number of alkyl carbamates (subject to hydrolysis) is 1. The maximum Gasteiger partial charge on any atom is 0.407 e. The summed E-state index contributed by atoms with van der Waals surface area (Å²) in [6, 6.07) is 11.6. The molecule has 0 atom stereocenters. The number of nitrogens with two attached hydrogens (primary N) is 1. The number of benzene rings is 1. The number of fused-ring (bicyclic) bond motifs is 1. The van der Waals surface area contributed by atoms with Gasteiger partial charge in [0.2, 0.25) is 0 Å². The number of aryl methyl sites for hydroxylation is 2. The molecule has 3 aromatic rings. The number of amides is 1. The highest BCUT2D eigenvalue weighted by atomic mass is 16.5. The molecule has 0 aliphatic rings. The molecule has 1 amide bonds. The summed E-state index contributed by atoms with van der Waals surface area (Å²) in [5.41, 5.74) is 9.55. The van der Waals surface area contributed by atoms with Crippen molar-refractivity contribution >= 4 is 22.9 Å². The van der Waals surface area contributed by atoms with Gasteiger partial charge in [-0.15, -0.1) is 0 Å². The number of rotatable bonds is 10. The maximum atomic E-state index is 11.8. The van der Waals surface area contributed by atoms with Gasteiger partial charge >= 0.3 is 6.09 Å². The van der Waals surface area contributed by atoms with E-state index >= 15 is 0 Å². The molecule has 0 radical (unpaired) electrons. The molecule has 0 saturated heterocycles. The number of aromatic nitrogens is 3. The molecule has 0 spiro atoms. The molecule has 0 saturated carbocycles. The Morgan fingerprint density at radius 3 is 2.73 bits per heavy atom. The molecule has 0 fully saturated rings. The van der Waals surface area contributed by atoms with Gasteiger partial charge in [0.1, 0.15) is 24.6 Å². The van der Waals surface area contributed by atoms with E-state index in [4.69, 9.17) is 15.2 Å². The van der Waals surface area contributed by atoms with E-state index in [0.717, 1.165) is 42.0 Å². The average molecular weight is 412 g/mol. The van der Waals surface area contributed by atoms with Crippen molar-refractivity contribution in [1.82, 2.24) is 19.9 Å². The zero-order valence-corrected chi connectivity index (χ0v) is 17.6. The lowest BCUT2D eigenvalue weighted by molar-refractivity contribution is 0.126. The first-order chi connectivity index (χ1) is 14.6. The number of pyridine rings is 1. The van der Waals surface area contributed by atoms with Crippen LogP contribution in [0.4, 0.5) is 10.6 Å². The zero-order valence-electron chi connectivity index (χ0n) is 17.6. The molecule has 3 rings (SSSR count). The molecule has 2 heterocycles. The largest absolute Gasteiger partial charge is 0.445 e. The highest BCUT2D eigenvalue weighted by Gasteiger charge is 2.14. The third-order valence-corrected chi connectivity index (χ3v) is 4.70. The van der Waals surface area contributed by atoms with Crippen molar-refractivity contribution in [2.75, 3.05) is 18.9 Å². The fourth-order valence-corrected chi connectivity index (χ4v) is 3.23. The molecular weight excluding hydrogens is 382 g/mol. The number of carbonyl (C=O) groups excluding carboxylic acids is 1. The highest BCUT2D eigenvalue weighted by Crippen LogP contribution is 2.22. The quantitative estimate of drug-likeness (QED) is 0.494. The minimum atomic E-state index is -0.404. The molecule has 8 nitrogen and oxygen atoms in total. The third kappa shape index (κ3) is 5.70. The molecular formula is C22H29N5O3. The minimum absolute atomic E-state index is 0.267. The van der Waals surface area contributed by atoms with Gasteiger partial charge in [-0.3, -0.25) is 0 Å². The lowest BCUT2D eigenvalue weighted by Gasteiger charge is -2.10. The number of nitrogens with one attached hydrogen (secondary N) is 1. The van der Waals surface area contributed by atoms with Crippen molar-refractivity contribution in [3.05, 3.63) is 53.5 Å². The van der Waals surface area contributed by atoms with Crippen molar-refractivity contribution in [1.29, 1.82) is 0 Å². The summed E-state index contributed by atoms with van der Waals surface area (Å²) >= 11 is 0. The fourth-order valence-electron chi connectivity index (χ4n) is 3.23. The van der Waals surface area contributed by atoms with E-state index in [-0.39, 0.29) is 6.61 Å². The van der Waals surface area contributed by atoms with Crippen LogP contribution in [0.2, 0.25) is 0 Å². The molecule has 0 bridgehead atoms. The number of hydrogen-bond acceptors (Lipinski definition) is 6. The van der Waals surface area contributed by atoms with Crippen LogP contribution in [-0.2, 0) is 29.2 Å². The van der Waals surface area contributed by atoms with Gasteiger partial charge in [-0.1, -0.05) is 30.3 Å². The van der Waals surface area contributed by atoms with E-state index in [1.54, 1.807) is 0 Å². The Balaban J connectivity index is 1.50. The topological polar surface area (TPSA) is 104 Å². The van der Waals surface area contributed by atoms with Crippen molar-refractivity contribution in [3.8, 4) is 0 Å². The van der Waals surface area contributed by atoms with E-state index in [1.807, 2.05) is 50.2 Å². The highest BCUT2D eigenvalue weighted by molar-refractivity contribution is 5.85. The van der Waals surface area contributed by atoms with Crippen LogP contribution in [0.1, 0.15) is 36.8 Å². The lowest BCUT2D eigenvalue weighted by atomic mass is 10.2. The molecule has 0 unspecified atom stereocenters. The number of imidazole rings is 1. The van der Waals surface area contributed by atoms with Crippen LogP contribution in [0, 0.1) is 6.92 Å². The Kier molecular flexibility index (Phi) is 7.62. The van der Waals surface area contributed by atoms with Crippen molar-refractivity contribution in [2.24, 2.45) is 0 Å². The van der Waals surface area contributed by atoms with Crippen LogP contribution in [0.3, 0.4) is 0 Å². The van der Waals surface area contributed by atoms with Gasteiger partial charge in [0, 0.05) is 25.4 Å². The van der Waals surface area contributed by atoms with Gasteiger partial charge in [0.25, 0.3) is 0 Å². The second-order valence-corrected chi connectivity index (χ2v) is 7.03. The van der Waals surface area contributed by atoms with Crippen LogP contribution >= 0.6 is 0 Å². The molecule has 2 aromatic heterocycles. The van der Waals surface area contributed by atoms with Crippen LogP contribution in [0.5, 0.6) is 0 Å². The summed E-state index contributed by atoms with van der Waals surface area (Å²) < 4.78 is 12.9. The Morgan fingerprint density at radius 1 is 1.17 bits per heavy atom. The molecule has 0 aliphatic carbocycles. The van der Waals surface area contributed by atoms with Crippen LogP contribution in [0.25, 0.3) is 11.0 Å². The Labute approximate surface area is 176 Å². The monoisotopic (exact) mass is 411 g/mol. The van der Waals surface area contributed by atoms with Gasteiger partial charge in [-0.25, -0.2) is 14.8 Å². The van der Waals surface area contributed by atoms with Gasteiger partial charge < -0.3 is 25.1 Å². The van der Waals surface area contributed by atoms with Gasteiger partial charge in [0.05, 0.1) is 5.52 Å². The minimum Gasteiger partial charge on any atom is -0.445 e. The number of nitrogens with zero attached hydrogens (tertiary/aromatic N) is 3. The van der Waals surface area contributed by atoms with Crippen molar-refractivity contribution < 1.29 is 14.3 Å². The van der Waals surface area contributed by atoms with Gasteiger partial charge in [-0.05, 0) is 38.3 Å². The van der Waals surface area contributed by atoms with E-state index in [9.17, 15) is 4.79 Å². The Hall–Kier alpha value is -3.13. The number of ether oxygens (including phenoxy) is 2. The van der Waals surface area contributed by atoms with Crippen LogP contribution < -0.4 is 11.1 Å². The Bertz CT molecular complexity index is 972. The number of nitrogen functional groups attached to an aromatic ring is 1. The van der Waals surface area contributed by atoms with Crippen LogP contribution in [-0.4, -0.2) is 33.8 Å². The summed E-state index contributed by atoms with van der Waals surface area (Å²) in [5, 5.41) is 2.80. The fraction of sp³-hybridized carbons (Fsp3) is 0.409. The average Bonchev–Trinajstić information content (AvgIpc) is 3.09. The lowest BCUT2D eigenvalue weighted by Crippen LogP contribution is -2.25. The standard InChI is InChI=1S/C22H29N5O3/c1-3-29-15-19-26-20-18(13-16(2)25-21(20)23)27(19)12-8-7-11-24-22(28)30-14-17-9-5-4-6-10-17/h4-6,9-10,13H,3,7-8,11-12,14-15H2,1-2H3,(H2,23,25)(H,24,28).